The number of allylic oxidation sites excluding steroid dienone is 2. The Hall–Kier alpha value is -1.16. The lowest BCUT2D eigenvalue weighted by molar-refractivity contribution is -0.301. The van der Waals surface area contributed by atoms with Crippen LogP contribution in [0.3, 0.4) is 0 Å². The van der Waals surface area contributed by atoms with Crippen molar-refractivity contribution >= 4 is 16.4 Å². The van der Waals surface area contributed by atoms with E-state index in [0.29, 0.717) is 13.0 Å². The highest BCUT2D eigenvalue weighted by Gasteiger charge is 2.48. The van der Waals surface area contributed by atoms with Gasteiger partial charge in [-0.3, -0.25) is 9.35 Å². The van der Waals surface area contributed by atoms with E-state index in [1.165, 1.54) is 103 Å². The van der Waals surface area contributed by atoms with E-state index in [2.05, 4.69) is 30.2 Å². The predicted molar refractivity (Wildman–Crippen MR) is 207 cm³/mol. The van der Waals surface area contributed by atoms with E-state index in [-0.39, 0.29) is 19.6 Å². The van der Waals surface area contributed by atoms with Crippen molar-refractivity contribution in [1.29, 1.82) is 0 Å². The van der Waals surface area contributed by atoms with Crippen LogP contribution in [-0.2, 0) is 38.3 Å². The minimum Gasteiger partial charge on any atom is -0.457 e. The molecule has 0 aromatic heterocycles. The summed E-state index contributed by atoms with van der Waals surface area (Å²) in [6, 6.07) is 0. The van der Waals surface area contributed by atoms with Crippen LogP contribution in [0.2, 0.25) is 0 Å². The van der Waals surface area contributed by atoms with Gasteiger partial charge in [0.25, 0.3) is 0 Å². The van der Waals surface area contributed by atoms with Crippen molar-refractivity contribution < 1.29 is 56.2 Å². The number of ether oxygens (including phenoxy) is 4. The van der Waals surface area contributed by atoms with Crippen LogP contribution in [0.15, 0.2) is 12.2 Å². The monoisotopic (exact) mass is 781 g/mol. The van der Waals surface area contributed by atoms with Gasteiger partial charge in [0.05, 0.1) is 19.8 Å². The third kappa shape index (κ3) is 27.1. The summed E-state index contributed by atoms with van der Waals surface area (Å²) in [7, 11) is -5.05. The highest BCUT2D eigenvalue weighted by molar-refractivity contribution is 7.80. The zero-order valence-corrected chi connectivity index (χ0v) is 33.9. The second-order valence-electron chi connectivity index (χ2n) is 14.6. The van der Waals surface area contributed by atoms with Gasteiger partial charge < -0.3 is 34.3 Å². The quantitative estimate of drug-likeness (QED) is 0.0209. The second kappa shape index (κ2) is 33.0. The van der Waals surface area contributed by atoms with Gasteiger partial charge in [-0.15, -0.1) is 0 Å². The summed E-state index contributed by atoms with van der Waals surface area (Å²) in [5.74, 6) is -0.408. The van der Waals surface area contributed by atoms with E-state index in [4.69, 9.17) is 23.5 Å². The normalized spacial score (nSPS) is 21.4. The first-order chi connectivity index (χ1) is 25.6. The van der Waals surface area contributed by atoms with Gasteiger partial charge in [-0.25, -0.2) is 4.18 Å². The van der Waals surface area contributed by atoms with Crippen molar-refractivity contribution in [2.45, 2.75) is 211 Å². The lowest BCUT2D eigenvalue weighted by Gasteiger charge is -2.41. The molecule has 1 rings (SSSR count). The standard InChI is InChI=1S/C40H76O12S/c1-3-5-7-9-11-12-13-14-15-16-17-18-19-20-21-22-23-24-26-28-30-48-32-34(50-36(42)29-27-25-10-8-6-4-2)33-49-40-38(44)39(52-53(45,46)47)37(43)35(31-41)51-40/h14-15,34-35,37-41,43-44H,3-13,16-33H2,1-2H3,(H,45,46,47)/b15-14-. The van der Waals surface area contributed by atoms with Crippen LogP contribution >= 0.6 is 0 Å². The van der Waals surface area contributed by atoms with Gasteiger partial charge in [-0.2, -0.15) is 8.42 Å². The molecule has 0 amide bonds. The number of hydrogen-bond donors (Lipinski definition) is 4. The summed E-state index contributed by atoms with van der Waals surface area (Å²) in [5, 5.41) is 30.5. The van der Waals surface area contributed by atoms with Crippen molar-refractivity contribution in [2.75, 3.05) is 26.4 Å². The fraction of sp³-hybridized carbons (Fsp3) is 0.925. The largest absolute Gasteiger partial charge is 0.457 e. The van der Waals surface area contributed by atoms with Crippen LogP contribution in [0.4, 0.5) is 0 Å². The van der Waals surface area contributed by atoms with Crippen LogP contribution in [0, 0.1) is 0 Å². The number of esters is 1. The van der Waals surface area contributed by atoms with Crippen molar-refractivity contribution in [3.63, 3.8) is 0 Å². The number of aliphatic hydroxyl groups excluding tert-OH is 3. The molecule has 0 bridgehead atoms. The van der Waals surface area contributed by atoms with Gasteiger partial charge in [0, 0.05) is 13.0 Å². The van der Waals surface area contributed by atoms with E-state index in [9.17, 15) is 28.5 Å². The summed E-state index contributed by atoms with van der Waals surface area (Å²) in [4.78, 5) is 12.6. The molecule has 1 saturated heterocycles. The Balaban J connectivity index is 2.33. The molecule has 1 aliphatic heterocycles. The van der Waals surface area contributed by atoms with E-state index in [1.54, 1.807) is 0 Å². The van der Waals surface area contributed by atoms with E-state index in [0.717, 1.165) is 44.9 Å². The fourth-order valence-corrected chi connectivity index (χ4v) is 6.94. The van der Waals surface area contributed by atoms with E-state index >= 15 is 0 Å². The Morgan fingerprint density at radius 3 is 1.70 bits per heavy atom. The van der Waals surface area contributed by atoms with Gasteiger partial charge >= 0.3 is 16.4 Å². The number of rotatable bonds is 36. The Morgan fingerprint density at radius 2 is 1.19 bits per heavy atom. The Morgan fingerprint density at radius 1 is 0.698 bits per heavy atom. The van der Waals surface area contributed by atoms with Gasteiger partial charge in [0.2, 0.25) is 0 Å². The van der Waals surface area contributed by atoms with Crippen LogP contribution < -0.4 is 0 Å². The van der Waals surface area contributed by atoms with Gasteiger partial charge in [-0.1, -0.05) is 142 Å². The van der Waals surface area contributed by atoms with Crippen molar-refractivity contribution in [1.82, 2.24) is 0 Å². The highest BCUT2D eigenvalue weighted by Crippen LogP contribution is 2.26. The zero-order valence-electron chi connectivity index (χ0n) is 33.1. The molecule has 6 atom stereocenters. The van der Waals surface area contributed by atoms with Gasteiger partial charge in [0.15, 0.2) is 6.29 Å². The van der Waals surface area contributed by atoms with Crippen LogP contribution in [0.25, 0.3) is 0 Å². The third-order valence-electron chi connectivity index (χ3n) is 9.64. The van der Waals surface area contributed by atoms with Gasteiger partial charge in [0.1, 0.15) is 30.5 Å². The molecule has 53 heavy (non-hydrogen) atoms. The smallest absolute Gasteiger partial charge is 0.397 e. The van der Waals surface area contributed by atoms with Crippen LogP contribution in [0.5, 0.6) is 0 Å². The maximum atomic E-state index is 12.6. The summed E-state index contributed by atoms with van der Waals surface area (Å²) in [6.45, 7) is 3.91. The molecule has 13 heteroatoms. The minimum absolute atomic E-state index is 0.0387. The fourth-order valence-electron chi connectivity index (χ4n) is 6.43. The molecule has 1 aliphatic rings. The minimum atomic E-state index is -5.05. The molecular weight excluding hydrogens is 704 g/mol. The number of carbonyl (C=O) groups excluding carboxylic acids is 1. The van der Waals surface area contributed by atoms with E-state index < -0.39 is 59.8 Å². The van der Waals surface area contributed by atoms with Crippen LogP contribution in [-0.4, -0.2) is 97.5 Å². The first-order valence-corrected chi connectivity index (χ1v) is 22.3. The number of aliphatic hydroxyl groups is 3. The molecule has 0 radical (unpaired) electrons. The number of carbonyl (C=O) groups is 1. The van der Waals surface area contributed by atoms with E-state index in [1.807, 2.05) is 0 Å². The molecule has 0 aliphatic carbocycles. The predicted octanol–water partition coefficient (Wildman–Crippen LogP) is 7.91. The Bertz CT molecular complexity index is 994. The highest BCUT2D eigenvalue weighted by atomic mass is 32.3. The Labute approximate surface area is 321 Å². The Kier molecular flexibility index (Phi) is 31.1. The second-order valence-corrected chi connectivity index (χ2v) is 15.6. The van der Waals surface area contributed by atoms with Crippen molar-refractivity contribution in [2.24, 2.45) is 0 Å². The maximum Gasteiger partial charge on any atom is 0.397 e. The average Bonchev–Trinajstić information content (AvgIpc) is 3.12. The average molecular weight is 781 g/mol. The van der Waals surface area contributed by atoms with Crippen molar-refractivity contribution in [3.8, 4) is 0 Å². The summed E-state index contributed by atoms with van der Waals surface area (Å²) < 4.78 is 58.7. The molecule has 4 N–H and O–H groups in total. The van der Waals surface area contributed by atoms with Gasteiger partial charge in [-0.05, 0) is 38.5 Å². The first-order valence-electron chi connectivity index (χ1n) is 20.9. The maximum absolute atomic E-state index is 12.6. The van der Waals surface area contributed by atoms with Crippen molar-refractivity contribution in [3.05, 3.63) is 12.2 Å². The number of hydrogen-bond acceptors (Lipinski definition) is 11. The molecule has 0 spiro atoms. The zero-order chi connectivity index (χ0) is 39.0. The molecule has 0 aromatic carbocycles. The lowest BCUT2D eigenvalue weighted by Crippen LogP contribution is -2.60. The molecule has 12 nitrogen and oxygen atoms in total. The third-order valence-corrected chi connectivity index (χ3v) is 10.1. The summed E-state index contributed by atoms with van der Waals surface area (Å²) in [6.07, 6.45) is 24.4. The first kappa shape index (κ1) is 49.9. The summed E-state index contributed by atoms with van der Waals surface area (Å²) >= 11 is 0. The molecule has 314 valence electrons. The summed E-state index contributed by atoms with van der Waals surface area (Å²) in [5.41, 5.74) is 0. The lowest BCUT2D eigenvalue weighted by atomic mass is 9.99. The number of unbranched alkanes of at least 4 members (excludes halogenated alkanes) is 21. The molecule has 0 aromatic rings. The molecule has 1 heterocycles. The topological polar surface area (TPSA) is 178 Å². The SMILES string of the molecule is CCCCCCCC/C=C\CCCCCCCCCCCCOCC(COC1OC(CO)C(O)C(OS(=O)(=O)O)C1O)OC(=O)CCCCCCCC. The molecule has 1 fully saturated rings. The molecule has 0 saturated carbocycles. The van der Waals surface area contributed by atoms with Crippen LogP contribution in [0.1, 0.15) is 174 Å². The molecule has 6 unspecified atom stereocenters. The molecular formula is C40H76O12S.